The fourth-order valence-electron chi connectivity index (χ4n) is 4.51. The molecule has 0 spiro atoms. The number of benzene rings is 1. The smallest absolute Gasteiger partial charge is 0.165 e. The van der Waals surface area contributed by atoms with Crippen LogP contribution in [0.2, 0.25) is 0 Å². The number of ether oxygens (including phenoxy) is 1. The third-order valence-corrected chi connectivity index (χ3v) is 6.56. The molecular formula is C22H30O2. The first-order chi connectivity index (χ1) is 11.4. The van der Waals surface area contributed by atoms with Crippen LogP contribution in [0.5, 0.6) is 5.75 Å². The lowest BCUT2D eigenvalue weighted by Gasteiger charge is -2.31. The summed E-state index contributed by atoms with van der Waals surface area (Å²) in [5.41, 5.74) is 2.00. The van der Waals surface area contributed by atoms with Gasteiger partial charge in [0.15, 0.2) is 5.78 Å². The van der Waals surface area contributed by atoms with E-state index in [1.807, 2.05) is 12.1 Å². The van der Waals surface area contributed by atoms with Crippen LogP contribution in [0.25, 0.3) is 6.08 Å². The lowest BCUT2D eigenvalue weighted by molar-refractivity contribution is -0.125. The van der Waals surface area contributed by atoms with Gasteiger partial charge in [0, 0.05) is 5.41 Å². The predicted molar refractivity (Wildman–Crippen MR) is 99.1 cm³/mol. The van der Waals surface area contributed by atoms with Crippen LogP contribution >= 0.6 is 0 Å². The molecule has 0 amide bonds. The van der Waals surface area contributed by atoms with Gasteiger partial charge in [0.25, 0.3) is 0 Å². The number of allylic oxidation sites excluding steroid dienone is 1. The van der Waals surface area contributed by atoms with Gasteiger partial charge in [0.05, 0.1) is 6.61 Å². The van der Waals surface area contributed by atoms with Crippen molar-refractivity contribution in [1.82, 2.24) is 0 Å². The molecule has 1 aromatic rings. The third kappa shape index (κ3) is 2.70. The van der Waals surface area contributed by atoms with Gasteiger partial charge in [-0.25, -0.2) is 0 Å². The number of hydrogen-bond donors (Lipinski definition) is 0. The minimum atomic E-state index is -0.183. The highest BCUT2D eigenvalue weighted by Gasteiger charge is 2.63. The first-order valence-electron chi connectivity index (χ1n) is 9.39. The molecule has 2 atom stereocenters. The largest absolute Gasteiger partial charge is 0.494 e. The van der Waals surface area contributed by atoms with Gasteiger partial charge in [-0.15, -0.1) is 0 Å². The summed E-state index contributed by atoms with van der Waals surface area (Å²) in [6.45, 7) is 9.64. The number of ketones is 1. The molecule has 0 aromatic heterocycles. The van der Waals surface area contributed by atoms with E-state index < -0.39 is 0 Å². The maximum Gasteiger partial charge on any atom is 0.165 e. The standard InChI is InChI=1S/C22H30O2/c1-5-6-7-13-24-17-10-8-9-16(14-17)15-18-19-11-12-22(4,20(18)23)21(19,2)3/h8-10,14-15,19H,5-7,11-13H2,1-4H3/b18-15+. The Hall–Kier alpha value is -1.57. The molecule has 0 N–H and O–H groups in total. The van der Waals surface area contributed by atoms with Crippen molar-refractivity contribution in [2.75, 3.05) is 6.61 Å². The van der Waals surface area contributed by atoms with Crippen molar-refractivity contribution in [3.8, 4) is 5.75 Å². The van der Waals surface area contributed by atoms with E-state index in [1.54, 1.807) is 0 Å². The second-order valence-corrected chi connectivity index (χ2v) is 8.20. The number of Topliss-reactive ketones (excluding diaryl/α,β-unsaturated/α-hetero) is 1. The molecule has 24 heavy (non-hydrogen) atoms. The van der Waals surface area contributed by atoms with Crippen molar-refractivity contribution in [2.45, 2.75) is 59.8 Å². The van der Waals surface area contributed by atoms with E-state index >= 15 is 0 Å². The summed E-state index contributed by atoms with van der Waals surface area (Å²) in [4.78, 5) is 12.9. The summed E-state index contributed by atoms with van der Waals surface area (Å²) in [6, 6.07) is 8.15. The Morgan fingerprint density at radius 1 is 1.25 bits per heavy atom. The molecule has 2 unspecified atom stereocenters. The van der Waals surface area contributed by atoms with Crippen LogP contribution in [-0.2, 0) is 4.79 Å². The Morgan fingerprint density at radius 2 is 2.04 bits per heavy atom. The molecule has 2 saturated carbocycles. The van der Waals surface area contributed by atoms with Gasteiger partial charge in [-0.05, 0) is 59.9 Å². The lowest BCUT2D eigenvalue weighted by atomic mass is 9.70. The molecule has 2 heteroatoms. The van der Waals surface area contributed by atoms with Crippen molar-refractivity contribution in [2.24, 2.45) is 16.7 Å². The zero-order valence-corrected chi connectivity index (χ0v) is 15.5. The van der Waals surface area contributed by atoms with Crippen LogP contribution in [0, 0.1) is 16.7 Å². The molecule has 1 aromatic carbocycles. The normalized spacial score (nSPS) is 29.4. The van der Waals surface area contributed by atoms with Crippen molar-refractivity contribution >= 4 is 11.9 Å². The zero-order valence-electron chi connectivity index (χ0n) is 15.5. The summed E-state index contributed by atoms with van der Waals surface area (Å²) < 4.78 is 5.85. The van der Waals surface area contributed by atoms with Crippen molar-refractivity contribution in [1.29, 1.82) is 0 Å². The Labute approximate surface area is 146 Å². The summed E-state index contributed by atoms with van der Waals surface area (Å²) >= 11 is 0. The number of carbonyl (C=O) groups is 1. The van der Waals surface area contributed by atoms with Crippen molar-refractivity contribution in [3.05, 3.63) is 35.4 Å². The van der Waals surface area contributed by atoms with Crippen LogP contribution in [0.3, 0.4) is 0 Å². The summed E-state index contributed by atoms with van der Waals surface area (Å²) in [6.07, 6.45) is 7.77. The van der Waals surface area contributed by atoms with Gasteiger partial charge < -0.3 is 4.74 Å². The van der Waals surface area contributed by atoms with Gasteiger partial charge in [0.2, 0.25) is 0 Å². The molecule has 2 nitrogen and oxygen atoms in total. The number of rotatable bonds is 6. The number of carbonyl (C=O) groups excluding carboxylic acids is 1. The van der Waals surface area contributed by atoms with E-state index in [4.69, 9.17) is 4.74 Å². The van der Waals surface area contributed by atoms with Crippen molar-refractivity contribution < 1.29 is 9.53 Å². The fraction of sp³-hybridized carbons (Fsp3) is 0.591. The second-order valence-electron chi connectivity index (χ2n) is 8.20. The average molecular weight is 326 g/mol. The number of fused-ring (bicyclic) bond motifs is 2. The van der Waals surface area contributed by atoms with E-state index in [0.29, 0.717) is 11.7 Å². The van der Waals surface area contributed by atoms with E-state index in [9.17, 15) is 4.79 Å². The van der Waals surface area contributed by atoms with E-state index in [0.717, 1.165) is 42.8 Å². The Morgan fingerprint density at radius 3 is 2.71 bits per heavy atom. The minimum Gasteiger partial charge on any atom is -0.494 e. The molecule has 2 aliphatic rings. The van der Waals surface area contributed by atoms with Gasteiger partial charge in [-0.1, -0.05) is 52.7 Å². The quantitative estimate of drug-likeness (QED) is 0.498. The molecule has 0 saturated heterocycles. The molecule has 2 fully saturated rings. The maximum absolute atomic E-state index is 12.9. The van der Waals surface area contributed by atoms with E-state index in [-0.39, 0.29) is 10.8 Å². The van der Waals surface area contributed by atoms with Crippen LogP contribution in [0.15, 0.2) is 29.8 Å². The molecule has 0 aliphatic heterocycles. The predicted octanol–water partition coefficient (Wildman–Crippen LogP) is 5.66. The first kappa shape index (κ1) is 17.3. The molecular weight excluding hydrogens is 296 g/mol. The SMILES string of the molecule is CCCCCOc1cccc(/C=C2/C(=O)C3(C)CCC2C3(C)C)c1. The second kappa shape index (κ2) is 6.38. The Bertz CT molecular complexity index is 656. The van der Waals surface area contributed by atoms with Gasteiger partial charge in [-0.3, -0.25) is 4.79 Å². The molecule has 0 heterocycles. The molecule has 130 valence electrons. The number of unbranched alkanes of at least 4 members (excludes halogenated alkanes) is 2. The van der Waals surface area contributed by atoms with E-state index in [1.165, 1.54) is 12.8 Å². The highest BCUT2D eigenvalue weighted by Crippen LogP contribution is 2.65. The zero-order chi connectivity index (χ0) is 17.4. The van der Waals surface area contributed by atoms with Crippen LogP contribution in [0.4, 0.5) is 0 Å². The maximum atomic E-state index is 12.9. The van der Waals surface area contributed by atoms with Gasteiger partial charge >= 0.3 is 0 Å². The highest BCUT2D eigenvalue weighted by molar-refractivity contribution is 6.07. The minimum absolute atomic E-state index is 0.0736. The average Bonchev–Trinajstić information content (AvgIpc) is 2.86. The monoisotopic (exact) mass is 326 g/mol. The summed E-state index contributed by atoms with van der Waals surface area (Å²) in [7, 11) is 0. The van der Waals surface area contributed by atoms with Gasteiger partial charge in [-0.2, -0.15) is 0 Å². The molecule has 0 radical (unpaired) electrons. The van der Waals surface area contributed by atoms with Crippen LogP contribution < -0.4 is 4.74 Å². The highest BCUT2D eigenvalue weighted by atomic mass is 16.5. The topological polar surface area (TPSA) is 26.3 Å². The number of hydrogen-bond acceptors (Lipinski definition) is 2. The fourth-order valence-corrected chi connectivity index (χ4v) is 4.51. The summed E-state index contributed by atoms with van der Waals surface area (Å²) in [5, 5.41) is 0. The lowest BCUT2D eigenvalue weighted by Crippen LogP contribution is -2.32. The van der Waals surface area contributed by atoms with E-state index in [2.05, 4.69) is 45.9 Å². The third-order valence-electron chi connectivity index (χ3n) is 6.56. The molecule has 3 rings (SSSR count). The summed E-state index contributed by atoms with van der Waals surface area (Å²) in [5.74, 6) is 1.66. The van der Waals surface area contributed by atoms with Crippen molar-refractivity contribution in [3.63, 3.8) is 0 Å². The van der Waals surface area contributed by atoms with Gasteiger partial charge in [0.1, 0.15) is 5.75 Å². The Kier molecular flexibility index (Phi) is 4.59. The Balaban J connectivity index is 1.79. The first-order valence-corrected chi connectivity index (χ1v) is 9.39. The molecule has 2 bridgehead atoms. The molecule has 2 aliphatic carbocycles. The van der Waals surface area contributed by atoms with Crippen LogP contribution in [-0.4, -0.2) is 12.4 Å². The van der Waals surface area contributed by atoms with Crippen LogP contribution in [0.1, 0.15) is 65.4 Å².